The van der Waals surface area contributed by atoms with Gasteiger partial charge in [-0.2, -0.15) is 0 Å². The number of rotatable bonds is 6. The van der Waals surface area contributed by atoms with E-state index in [0.29, 0.717) is 29.2 Å². The van der Waals surface area contributed by atoms with Crippen LogP contribution in [0.1, 0.15) is 34.0 Å². The second-order valence-electron chi connectivity index (χ2n) is 5.96. The minimum atomic E-state index is -0.374. The lowest BCUT2D eigenvalue weighted by Gasteiger charge is -2.29. The summed E-state index contributed by atoms with van der Waals surface area (Å²) >= 11 is 0. The molecule has 0 N–H and O–H groups in total. The van der Waals surface area contributed by atoms with Crippen LogP contribution in [0, 0.1) is 0 Å². The standard InChI is InChI=1S/C21H22O5/c1-5-6-15-18(24-3)12-19(25-4)20-16(22)11-17(26-21(15)20)13-7-9-14(23-2)10-8-13/h5,7-10,12,17H,1,6,11H2,2-4H3. The predicted molar refractivity (Wildman–Crippen MR) is 98.8 cm³/mol. The fraction of sp³-hybridized carbons (Fsp3) is 0.286. The maximum Gasteiger partial charge on any atom is 0.174 e. The van der Waals surface area contributed by atoms with Gasteiger partial charge in [0, 0.05) is 11.6 Å². The molecule has 1 aliphatic heterocycles. The highest BCUT2D eigenvalue weighted by Gasteiger charge is 2.34. The van der Waals surface area contributed by atoms with Gasteiger partial charge in [-0.25, -0.2) is 0 Å². The molecule has 0 aliphatic carbocycles. The summed E-state index contributed by atoms with van der Waals surface area (Å²) in [6.07, 6.45) is 2.16. The van der Waals surface area contributed by atoms with Crippen molar-refractivity contribution in [3.8, 4) is 23.0 Å². The van der Waals surface area contributed by atoms with Gasteiger partial charge in [-0.1, -0.05) is 18.2 Å². The Morgan fingerprint density at radius 2 is 1.81 bits per heavy atom. The Kier molecular flexibility index (Phi) is 5.16. The Balaban J connectivity index is 2.09. The molecule has 0 spiro atoms. The van der Waals surface area contributed by atoms with Gasteiger partial charge in [-0.15, -0.1) is 6.58 Å². The minimum Gasteiger partial charge on any atom is -0.497 e. The van der Waals surface area contributed by atoms with Gasteiger partial charge in [-0.05, 0) is 24.1 Å². The highest BCUT2D eigenvalue weighted by atomic mass is 16.5. The van der Waals surface area contributed by atoms with Crippen molar-refractivity contribution in [3.05, 3.63) is 59.7 Å². The molecule has 0 bridgehead atoms. The van der Waals surface area contributed by atoms with Crippen LogP contribution in [-0.4, -0.2) is 27.1 Å². The molecule has 5 nitrogen and oxygen atoms in total. The van der Waals surface area contributed by atoms with E-state index in [1.807, 2.05) is 24.3 Å². The first-order chi connectivity index (χ1) is 12.6. The van der Waals surface area contributed by atoms with Crippen molar-refractivity contribution >= 4 is 5.78 Å². The molecule has 5 heteroatoms. The van der Waals surface area contributed by atoms with E-state index in [4.69, 9.17) is 18.9 Å². The Bertz CT molecular complexity index is 823. The number of ketones is 1. The molecule has 2 aromatic carbocycles. The van der Waals surface area contributed by atoms with Gasteiger partial charge < -0.3 is 18.9 Å². The molecule has 136 valence electrons. The number of benzene rings is 2. The highest BCUT2D eigenvalue weighted by Crippen LogP contribution is 2.46. The monoisotopic (exact) mass is 354 g/mol. The Morgan fingerprint density at radius 1 is 1.12 bits per heavy atom. The number of methoxy groups -OCH3 is 3. The number of hydrogen-bond acceptors (Lipinski definition) is 5. The van der Waals surface area contributed by atoms with Gasteiger partial charge in [0.25, 0.3) is 0 Å². The topological polar surface area (TPSA) is 54.0 Å². The van der Waals surface area contributed by atoms with Crippen LogP contribution in [0.15, 0.2) is 43.0 Å². The van der Waals surface area contributed by atoms with Crippen LogP contribution < -0.4 is 18.9 Å². The van der Waals surface area contributed by atoms with Crippen LogP contribution in [0.2, 0.25) is 0 Å². The average molecular weight is 354 g/mol. The lowest BCUT2D eigenvalue weighted by atomic mass is 9.92. The predicted octanol–water partition coefficient (Wildman–Crippen LogP) is 4.15. The summed E-state index contributed by atoms with van der Waals surface area (Å²) in [5.74, 6) is 2.33. The van der Waals surface area contributed by atoms with Gasteiger partial charge in [0.15, 0.2) is 5.78 Å². The molecular weight excluding hydrogens is 332 g/mol. The van der Waals surface area contributed by atoms with E-state index in [1.165, 1.54) is 7.11 Å². The molecule has 0 aromatic heterocycles. The molecule has 1 heterocycles. The number of ether oxygens (including phenoxy) is 4. The SMILES string of the molecule is C=CCc1c(OC)cc(OC)c2c1OC(c1ccc(OC)cc1)CC2=O. The summed E-state index contributed by atoms with van der Waals surface area (Å²) in [5, 5.41) is 0. The molecule has 1 aliphatic rings. The van der Waals surface area contributed by atoms with Crippen LogP contribution >= 0.6 is 0 Å². The first kappa shape index (κ1) is 17.9. The second-order valence-corrected chi connectivity index (χ2v) is 5.96. The second kappa shape index (κ2) is 7.52. The first-order valence-electron chi connectivity index (χ1n) is 8.35. The summed E-state index contributed by atoms with van der Waals surface area (Å²) in [6.45, 7) is 3.80. The van der Waals surface area contributed by atoms with Crippen LogP contribution in [0.3, 0.4) is 0 Å². The molecule has 0 saturated carbocycles. The fourth-order valence-electron chi connectivity index (χ4n) is 3.19. The number of carbonyl (C=O) groups excluding carboxylic acids is 1. The van der Waals surface area contributed by atoms with Crippen molar-refractivity contribution < 1.29 is 23.7 Å². The van der Waals surface area contributed by atoms with Crippen LogP contribution in [-0.2, 0) is 6.42 Å². The summed E-state index contributed by atoms with van der Waals surface area (Å²) in [7, 11) is 4.73. The van der Waals surface area contributed by atoms with Gasteiger partial charge in [0.05, 0.1) is 27.8 Å². The van der Waals surface area contributed by atoms with Gasteiger partial charge in [0.1, 0.15) is 34.7 Å². The molecular formula is C21H22O5. The van der Waals surface area contributed by atoms with Crippen molar-refractivity contribution in [3.63, 3.8) is 0 Å². The number of allylic oxidation sites excluding steroid dienone is 1. The fourth-order valence-corrected chi connectivity index (χ4v) is 3.19. The molecule has 2 aromatic rings. The number of Topliss-reactive ketones (excluding diaryl/α,β-unsaturated/α-hetero) is 1. The van der Waals surface area contributed by atoms with Crippen molar-refractivity contribution in [1.82, 2.24) is 0 Å². The van der Waals surface area contributed by atoms with E-state index in [0.717, 1.165) is 16.9 Å². The summed E-state index contributed by atoms with van der Waals surface area (Å²) in [6, 6.07) is 9.26. The maximum atomic E-state index is 12.9. The van der Waals surface area contributed by atoms with E-state index in [9.17, 15) is 4.79 Å². The third kappa shape index (κ3) is 3.12. The normalized spacial score (nSPS) is 15.7. The molecule has 0 amide bonds. The summed E-state index contributed by atoms with van der Waals surface area (Å²) in [5.41, 5.74) is 2.18. The number of hydrogen-bond donors (Lipinski definition) is 0. The zero-order valence-electron chi connectivity index (χ0n) is 15.2. The maximum absolute atomic E-state index is 12.9. The number of carbonyl (C=O) groups is 1. The molecule has 26 heavy (non-hydrogen) atoms. The lowest BCUT2D eigenvalue weighted by molar-refractivity contribution is 0.0842. The van der Waals surface area contributed by atoms with Crippen molar-refractivity contribution in [2.24, 2.45) is 0 Å². The van der Waals surface area contributed by atoms with Crippen LogP contribution in [0.5, 0.6) is 23.0 Å². The van der Waals surface area contributed by atoms with Crippen LogP contribution in [0.25, 0.3) is 0 Å². The first-order valence-corrected chi connectivity index (χ1v) is 8.35. The molecule has 0 radical (unpaired) electrons. The van der Waals surface area contributed by atoms with Crippen molar-refractivity contribution in [1.29, 1.82) is 0 Å². The molecule has 3 rings (SSSR count). The Labute approximate surface area is 153 Å². The van der Waals surface area contributed by atoms with Gasteiger partial charge >= 0.3 is 0 Å². The lowest BCUT2D eigenvalue weighted by Crippen LogP contribution is -2.22. The zero-order chi connectivity index (χ0) is 18.7. The largest absolute Gasteiger partial charge is 0.497 e. The van der Waals surface area contributed by atoms with E-state index in [-0.39, 0.29) is 18.3 Å². The molecule has 1 atom stereocenters. The third-order valence-corrected chi connectivity index (χ3v) is 4.49. The van der Waals surface area contributed by atoms with E-state index in [1.54, 1.807) is 26.4 Å². The Morgan fingerprint density at radius 3 is 2.38 bits per heavy atom. The van der Waals surface area contributed by atoms with E-state index in [2.05, 4.69) is 6.58 Å². The van der Waals surface area contributed by atoms with Crippen molar-refractivity contribution in [2.45, 2.75) is 18.9 Å². The summed E-state index contributed by atoms with van der Waals surface area (Å²) < 4.78 is 22.3. The average Bonchev–Trinajstić information content (AvgIpc) is 2.68. The zero-order valence-corrected chi connectivity index (χ0v) is 15.2. The third-order valence-electron chi connectivity index (χ3n) is 4.49. The molecule has 1 unspecified atom stereocenters. The minimum absolute atomic E-state index is 0.0168. The van der Waals surface area contributed by atoms with Crippen LogP contribution in [0.4, 0.5) is 0 Å². The highest BCUT2D eigenvalue weighted by molar-refractivity contribution is 6.03. The van der Waals surface area contributed by atoms with Gasteiger partial charge in [0.2, 0.25) is 0 Å². The van der Waals surface area contributed by atoms with E-state index < -0.39 is 0 Å². The smallest absolute Gasteiger partial charge is 0.174 e. The van der Waals surface area contributed by atoms with E-state index >= 15 is 0 Å². The number of fused-ring (bicyclic) bond motifs is 1. The molecule has 0 saturated heterocycles. The quantitative estimate of drug-likeness (QED) is 0.730. The molecule has 0 fully saturated rings. The summed E-state index contributed by atoms with van der Waals surface area (Å²) in [4.78, 5) is 12.9. The van der Waals surface area contributed by atoms with Crippen molar-refractivity contribution in [2.75, 3.05) is 21.3 Å². The Hall–Kier alpha value is -2.95. The van der Waals surface area contributed by atoms with Gasteiger partial charge in [-0.3, -0.25) is 4.79 Å².